The molecule has 0 atom stereocenters. The molecule has 4 aromatic rings. The number of ether oxygens (including phenoxy) is 1. The molecule has 0 saturated heterocycles. The van der Waals surface area contributed by atoms with Gasteiger partial charge in [0, 0.05) is 30.6 Å². The van der Waals surface area contributed by atoms with Gasteiger partial charge in [0.1, 0.15) is 18.2 Å². The van der Waals surface area contributed by atoms with E-state index in [0.717, 1.165) is 17.8 Å². The van der Waals surface area contributed by atoms with E-state index in [4.69, 9.17) is 4.74 Å². The van der Waals surface area contributed by atoms with Crippen LogP contribution >= 0.6 is 0 Å². The molecule has 0 bridgehead atoms. The molecule has 0 aliphatic heterocycles. The normalized spacial score (nSPS) is 11.2. The number of nitrogens with zero attached hydrogens (tertiary/aromatic N) is 4. The van der Waals surface area contributed by atoms with Gasteiger partial charge < -0.3 is 4.74 Å². The fourth-order valence-corrected chi connectivity index (χ4v) is 2.71. The lowest BCUT2D eigenvalue weighted by atomic mass is 10.1. The summed E-state index contributed by atoms with van der Waals surface area (Å²) in [5.74, 6) is 0.206. The second-order valence-electron chi connectivity index (χ2n) is 5.77. The van der Waals surface area contributed by atoms with Crippen LogP contribution in [-0.2, 0) is 13.2 Å². The number of fused-ring (bicyclic) bond motifs is 1. The van der Waals surface area contributed by atoms with Crippen LogP contribution in [0.15, 0.2) is 53.6 Å². The molecular formula is C18H16FN5O2. The Balaban J connectivity index is 1.74. The number of pyridine rings is 1. The molecule has 0 unspecified atom stereocenters. The summed E-state index contributed by atoms with van der Waals surface area (Å²) < 4.78 is 22.4. The van der Waals surface area contributed by atoms with E-state index < -0.39 is 0 Å². The number of hydrogen-bond donors (Lipinski definition) is 1. The summed E-state index contributed by atoms with van der Waals surface area (Å²) in [5.41, 5.74) is 2.27. The van der Waals surface area contributed by atoms with Crippen molar-refractivity contribution in [3.63, 3.8) is 0 Å². The number of rotatable bonds is 5. The lowest BCUT2D eigenvalue weighted by Crippen LogP contribution is -2.09. The first kappa shape index (κ1) is 16.1. The van der Waals surface area contributed by atoms with Crippen LogP contribution in [0.2, 0.25) is 0 Å². The maximum atomic E-state index is 13.3. The van der Waals surface area contributed by atoms with Gasteiger partial charge in [-0.2, -0.15) is 10.2 Å². The first-order chi connectivity index (χ1) is 12.6. The number of benzene rings is 1. The molecule has 132 valence electrons. The van der Waals surface area contributed by atoms with Crippen molar-refractivity contribution in [3.05, 3.63) is 70.8 Å². The van der Waals surface area contributed by atoms with Crippen molar-refractivity contribution in [1.82, 2.24) is 24.4 Å². The van der Waals surface area contributed by atoms with Crippen LogP contribution < -0.4 is 10.4 Å². The zero-order valence-corrected chi connectivity index (χ0v) is 14.0. The lowest BCUT2D eigenvalue weighted by molar-refractivity contribution is 0.301. The Bertz CT molecular complexity index is 1110. The molecule has 3 heterocycles. The van der Waals surface area contributed by atoms with Gasteiger partial charge in [-0.3, -0.25) is 4.68 Å². The smallest absolute Gasteiger partial charge is 0.347 e. The third-order valence-electron chi connectivity index (χ3n) is 4.07. The topological polar surface area (TPSA) is 77.2 Å². The van der Waals surface area contributed by atoms with Gasteiger partial charge in [-0.15, -0.1) is 0 Å². The zero-order chi connectivity index (χ0) is 18.1. The molecule has 0 spiro atoms. The van der Waals surface area contributed by atoms with Crippen molar-refractivity contribution < 1.29 is 9.13 Å². The maximum absolute atomic E-state index is 13.3. The SMILES string of the molecule is CCn1ccc(COc2cc3n[nH]c(=O)n3cc2-c2ccc(F)cc2)n1. The molecule has 3 aromatic heterocycles. The third-order valence-corrected chi connectivity index (χ3v) is 4.07. The fraction of sp³-hybridized carbons (Fsp3) is 0.167. The summed E-state index contributed by atoms with van der Waals surface area (Å²) in [6, 6.07) is 9.57. The van der Waals surface area contributed by atoms with Gasteiger partial charge in [-0.25, -0.2) is 18.7 Å². The molecule has 7 nitrogen and oxygen atoms in total. The molecule has 1 aromatic carbocycles. The summed E-state index contributed by atoms with van der Waals surface area (Å²) in [6.45, 7) is 3.06. The van der Waals surface area contributed by atoms with Gasteiger partial charge in [0.05, 0.1) is 5.69 Å². The van der Waals surface area contributed by atoms with Gasteiger partial charge in [0.2, 0.25) is 0 Å². The highest BCUT2D eigenvalue weighted by molar-refractivity contribution is 5.72. The molecule has 0 aliphatic carbocycles. The summed E-state index contributed by atoms with van der Waals surface area (Å²) in [6.07, 6.45) is 3.52. The molecule has 0 amide bonds. The predicted octanol–water partition coefficient (Wildman–Crippen LogP) is 2.62. The van der Waals surface area contributed by atoms with Crippen molar-refractivity contribution in [3.8, 4) is 16.9 Å². The van der Waals surface area contributed by atoms with Crippen molar-refractivity contribution in [1.29, 1.82) is 0 Å². The van der Waals surface area contributed by atoms with Gasteiger partial charge in [-0.1, -0.05) is 12.1 Å². The van der Waals surface area contributed by atoms with Gasteiger partial charge in [0.25, 0.3) is 0 Å². The Morgan fingerprint density at radius 1 is 1.23 bits per heavy atom. The molecule has 0 fully saturated rings. The van der Waals surface area contributed by atoms with Crippen molar-refractivity contribution in [2.45, 2.75) is 20.1 Å². The Hall–Kier alpha value is -3.42. The van der Waals surface area contributed by atoms with Crippen molar-refractivity contribution >= 4 is 5.65 Å². The number of aromatic nitrogens is 5. The maximum Gasteiger partial charge on any atom is 0.347 e. The minimum Gasteiger partial charge on any atom is -0.486 e. The van der Waals surface area contributed by atoms with Crippen LogP contribution in [-0.4, -0.2) is 24.4 Å². The Morgan fingerprint density at radius 2 is 2.04 bits per heavy atom. The lowest BCUT2D eigenvalue weighted by Gasteiger charge is -2.11. The van der Waals surface area contributed by atoms with Crippen LogP contribution in [0, 0.1) is 5.82 Å². The first-order valence-corrected chi connectivity index (χ1v) is 8.16. The van der Waals surface area contributed by atoms with Crippen LogP contribution in [0.1, 0.15) is 12.6 Å². The molecule has 8 heteroatoms. The highest BCUT2D eigenvalue weighted by Crippen LogP contribution is 2.31. The number of halogens is 1. The van der Waals surface area contributed by atoms with Gasteiger partial charge in [-0.05, 0) is 30.7 Å². The quantitative estimate of drug-likeness (QED) is 0.598. The summed E-state index contributed by atoms with van der Waals surface area (Å²) in [5, 5.41) is 10.8. The summed E-state index contributed by atoms with van der Waals surface area (Å²) in [7, 11) is 0. The van der Waals surface area contributed by atoms with E-state index in [1.54, 1.807) is 24.4 Å². The highest BCUT2D eigenvalue weighted by atomic mass is 19.1. The van der Waals surface area contributed by atoms with Crippen LogP contribution in [0.25, 0.3) is 16.8 Å². The first-order valence-electron chi connectivity index (χ1n) is 8.16. The minimum absolute atomic E-state index is 0.270. The van der Waals surface area contributed by atoms with E-state index in [1.165, 1.54) is 16.5 Å². The monoisotopic (exact) mass is 353 g/mol. The van der Waals surface area contributed by atoms with Crippen molar-refractivity contribution in [2.75, 3.05) is 0 Å². The summed E-state index contributed by atoms with van der Waals surface area (Å²) in [4.78, 5) is 11.9. The number of hydrogen-bond acceptors (Lipinski definition) is 4. The van der Waals surface area contributed by atoms with E-state index in [1.807, 2.05) is 23.9 Å². The highest BCUT2D eigenvalue weighted by Gasteiger charge is 2.13. The Kier molecular flexibility index (Phi) is 4.00. The second-order valence-corrected chi connectivity index (χ2v) is 5.77. The Labute approximate surface area is 147 Å². The average Bonchev–Trinajstić information content (AvgIpc) is 3.26. The third kappa shape index (κ3) is 2.97. The van der Waals surface area contributed by atoms with E-state index in [0.29, 0.717) is 17.0 Å². The molecule has 26 heavy (non-hydrogen) atoms. The van der Waals surface area contributed by atoms with Gasteiger partial charge in [0.15, 0.2) is 5.65 Å². The van der Waals surface area contributed by atoms with E-state index in [9.17, 15) is 9.18 Å². The van der Waals surface area contributed by atoms with E-state index in [2.05, 4.69) is 15.3 Å². The number of aryl methyl sites for hydroxylation is 1. The predicted molar refractivity (Wildman–Crippen MR) is 93.4 cm³/mol. The second kappa shape index (κ2) is 6.47. The van der Waals surface area contributed by atoms with Crippen LogP contribution in [0.5, 0.6) is 5.75 Å². The molecule has 4 rings (SSSR count). The van der Waals surface area contributed by atoms with E-state index in [-0.39, 0.29) is 18.1 Å². The molecule has 0 aliphatic rings. The zero-order valence-electron chi connectivity index (χ0n) is 14.0. The molecular weight excluding hydrogens is 337 g/mol. The number of aromatic amines is 1. The van der Waals surface area contributed by atoms with Crippen LogP contribution in [0.3, 0.4) is 0 Å². The van der Waals surface area contributed by atoms with Crippen molar-refractivity contribution in [2.24, 2.45) is 0 Å². The largest absolute Gasteiger partial charge is 0.486 e. The molecule has 1 N–H and O–H groups in total. The number of nitrogens with one attached hydrogen (secondary N) is 1. The molecule has 0 saturated carbocycles. The van der Waals surface area contributed by atoms with Gasteiger partial charge >= 0.3 is 5.69 Å². The fourth-order valence-electron chi connectivity index (χ4n) is 2.71. The van der Waals surface area contributed by atoms with E-state index >= 15 is 0 Å². The van der Waals surface area contributed by atoms with Crippen LogP contribution in [0.4, 0.5) is 4.39 Å². The Morgan fingerprint density at radius 3 is 2.77 bits per heavy atom. The minimum atomic E-state index is -0.350. The summed E-state index contributed by atoms with van der Waals surface area (Å²) >= 11 is 0. The average molecular weight is 353 g/mol. The molecule has 0 radical (unpaired) electrons. The number of H-pyrrole nitrogens is 1. The standard InChI is InChI=1S/C18H16FN5O2/c1-2-23-8-7-14(22-23)11-26-16-9-17-20-21-18(25)24(17)10-15(16)12-3-5-13(19)6-4-12/h3-10H,2,11H2,1H3,(H,21,25).